The molecule has 288 valence electrons. The average Bonchev–Trinajstić information content (AvgIpc) is 3.46. The lowest BCUT2D eigenvalue weighted by molar-refractivity contribution is -0.242. The van der Waals surface area contributed by atoms with Crippen LogP contribution >= 0.6 is 0 Å². The van der Waals surface area contributed by atoms with Crippen molar-refractivity contribution >= 4 is 34.7 Å². The summed E-state index contributed by atoms with van der Waals surface area (Å²) in [5.74, 6) is -0.160. The number of para-hydroxylation sites is 1. The number of nitrogens with one attached hydrogen (secondary N) is 4. The molecule has 0 aliphatic carbocycles. The summed E-state index contributed by atoms with van der Waals surface area (Å²) in [7, 11) is 1.98. The number of fused-ring (bicyclic) bond motifs is 1. The minimum atomic E-state index is -1.39. The maximum Gasteiger partial charge on any atom is 0.241 e. The first-order valence-electron chi connectivity index (χ1n) is 18.5. The topological polar surface area (TPSA) is 163 Å². The molecule has 1 saturated heterocycles. The number of aryl methyl sites for hydroxylation is 1. The Balaban J connectivity index is 1.25. The molecule has 54 heavy (non-hydrogen) atoms. The molecule has 2 heterocycles. The zero-order chi connectivity index (χ0) is 38.8. The second-order valence-electron chi connectivity index (χ2n) is 14.4. The molecule has 4 aromatic rings. The van der Waals surface area contributed by atoms with Gasteiger partial charge < -0.3 is 40.2 Å². The molecule has 12 nitrogen and oxygen atoms in total. The zero-order valence-corrected chi connectivity index (χ0v) is 31.6. The maximum absolute atomic E-state index is 13.9. The van der Waals surface area contributed by atoms with Crippen molar-refractivity contribution < 1.29 is 34.1 Å². The van der Waals surface area contributed by atoms with Gasteiger partial charge >= 0.3 is 0 Å². The van der Waals surface area contributed by atoms with Crippen molar-refractivity contribution in [3.63, 3.8) is 0 Å². The van der Waals surface area contributed by atoms with E-state index in [1.54, 1.807) is 43.5 Å². The Morgan fingerprint density at radius 1 is 0.926 bits per heavy atom. The molecule has 6 N–H and O–H groups in total. The van der Waals surface area contributed by atoms with Gasteiger partial charge in [-0.05, 0) is 73.1 Å². The molecular weight excluding hydrogens is 686 g/mol. The van der Waals surface area contributed by atoms with Gasteiger partial charge in [-0.15, -0.1) is 0 Å². The number of amides is 3. The number of rotatable bonds is 16. The number of nitrogens with zero attached hydrogens (tertiary/aromatic N) is 1. The summed E-state index contributed by atoms with van der Waals surface area (Å²) >= 11 is 0. The Hall–Kier alpha value is -5.01. The SMILES string of the molecule is CC(=O)N[C@@H]1[C@H](O)[C@@H](O)[C@H](Oc2ccc(C=CNC(=O)[C@H](Cc3cn(C)c4ccccc34)N[C@H](CC(C)C)C(=O)NCCc3ccccc3)cc2)O[C@@H]1C. The van der Waals surface area contributed by atoms with Crippen molar-refractivity contribution in [1.82, 2.24) is 25.8 Å². The van der Waals surface area contributed by atoms with Crippen LogP contribution in [0.1, 0.15) is 50.8 Å². The van der Waals surface area contributed by atoms with Gasteiger partial charge in [-0.1, -0.05) is 74.5 Å². The van der Waals surface area contributed by atoms with Crippen LogP contribution in [0.25, 0.3) is 17.0 Å². The maximum atomic E-state index is 13.9. The Morgan fingerprint density at radius 2 is 1.63 bits per heavy atom. The van der Waals surface area contributed by atoms with E-state index in [4.69, 9.17) is 9.47 Å². The molecule has 0 saturated carbocycles. The van der Waals surface area contributed by atoms with Crippen LogP contribution in [0.4, 0.5) is 0 Å². The van der Waals surface area contributed by atoms with Crippen LogP contribution in [0, 0.1) is 5.92 Å². The fourth-order valence-corrected chi connectivity index (χ4v) is 6.77. The molecule has 3 amide bonds. The van der Waals surface area contributed by atoms with Crippen LogP contribution in [0.3, 0.4) is 0 Å². The van der Waals surface area contributed by atoms with E-state index in [1.807, 2.05) is 72.4 Å². The van der Waals surface area contributed by atoms with Crippen molar-refractivity contribution in [2.75, 3.05) is 6.54 Å². The number of hydrogen-bond donors (Lipinski definition) is 6. The van der Waals surface area contributed by atoms with Crippen LogP contribution in [0.2, 0.25) is 0 Å². The Morgan fingerprint density at radius 3 is 2.33 bits per heavy atom. The number of ether oxygens (including phenoxy) is 2. The molecule has 0 spiro atoms. The Kier molecular flexibility index (Phi) is 14.0. The van der Waals surface area contributed by atoms with Gasteiger partial charge in [-0.2, -0.15) is 0 Å². The highest BCUT2D eigenvalue weighted by Gasteiger charge is 2.44. The number of aliphatic hydroxyl groups is 2. The summed E-state index contributed by atoms with van der Waals surface area (Å²) in [5, 5.41) is 34.2. The van der Waals surface area contributed by atoms with Crippen LogP contribution in [-0.2, 0) is 39.0 Å². The van der Waals surface area contributed by atoms with Crippen LogP contribution in [-0.4, -0.2) is 81.8 Å². The van der Waals surface area contributed by atoms with E-state index < -0.39 is 42.7 Å². The minimum Gasteiger partial charge on any atom is -0.462 e. The van der Waals surface area contributed by atoms with E-state index in [9.17, 15) is 24.6 Å². The Labute approximate surface area is 316 Å². The summed E-state index contributed by atoms with van der Waals surface area (Å²) in [4.78, 5) is 39.0. The number of carbonyl (C=O) groups excluding carboxylic acids is 3. The van der Waals surface area contributed by atoms with Gasteiger partial charge in [-0.25, -0.2) is 0 Å². The van der Waals surface area contributed by atoms with Crippen LogP contribution in [0.15, 0.2) is 91.3 Å². The van der Waals surface area contributed by atoms with Gasteiger partial charge in [0.2, 0.25) is 24.0 Å². The zero-order valence-electron chi connectivity index (χ0n) is 31.6. The van der Waals surface area contributed by atoms with E-state index in [0.717, 1.165) is 27.6 Å². The van der Waals surface area contributed by atoms with Gasteiger partial charge in [-0.3, -0.25) is 19.7 Å². The van der Waals surface area contributed by atoms with E-state index in [0.29, 0.717) is 31.6 Å². The highest BCUT2D eigenvalue weighted by Crippen LogP contribution is 2.25. The van der Waals surface area contributed by atoms with E-state index in [-0.39, 0.29) is 23.6 Å². The standard InChI is InChI=1S/C42H53N5O7/c1-26(2)23-34(40(51)43-21-19-29-11-7-6-8-12-29)46-35(24-31-25-47(5)36-14-10-9-13-33(31)36)41(52)44-22-20-30-15-17-32(18-16-30)54-42-39(50)38(49)37(27(3)53-42)45-28(4)48/h6-18,20,22,25-27,34-35,37-39,42,46,49-50H,19,21,23-24H2,1-5H3,(H,43,51)(H,44,52)(H,45,48)/t27-,34-,35+,37+,38+,39-,42+/m1/s1. The quantitative estimate of drug-likeness (QED) is 0.102. The van der Waals surface area contributed by atoms with Gasteiger partial charge in [0.05, 0.1) is 24.2 Å². The number of aromatic nitrogens is 1. The summed E-state index contributed by atoms with van der Waals surface area (Å²) in [5.41, 5.74) is 3.95. The van der Waals surface area contributed by atoms with E-state index in [1.165, 1.54) is 6.92 Å². The molecule has 1 aromatic heterocycles. The van der Waals surface area contributed by atoms with Crippen LogP contribution < -0.4 is 26.0 Å². The minimum absolute atomic E-state index is 0.143. The molecular formula is C42H53N5O7. The molecule has 5 rings (SSSR count). The lowest BCUT2D eigenvalue weighted by Crippen LogP contribution is -2.63. The van der Waals surface area contributed by atoms with Crippen LogP contribution in [0.5, 0.6) is 5.75 Å². The lowest BCUT2D eigenvalue weighted by atomic mass is 9.97. The van der Waals surface area contributed by atoms with E-state index >= 15 is 0 Å². The number of aliphatic hydroxyl groups excluding tert-OH is 2. The fraction of sp³-hybridized carbons (Fsp3) is 0.405. The lowest BCUT2D eigenvalue weighted by Gasteiger charge is -2.41. The molecule has 0 unspecified atom stereocenters. The molecule has 1 aliphatic rings. The monoisotopic (exact) mass is 739 g/mol. The first kappa shape index (κ1) is 40.2. The van der Waals surface area contributed by atoms with Crippen molar-refractivity contribution in [2.24, 2.45) is 13.0 Å². The largest absolute Gasteiger partial charge is 0.462 e. The molecule has 0 radical (unpaired) electrons. The highest BCUT2D eigenvalue weighted by molar-refractivity contribution is 5.88. The fourth-order valence-electron chi connectivity index (χ4n) is 6.77. The number of hydrogen-bond acceptors (Lipinski definition) is 8. The average molecular weight is 740 g/mol. The summed E-state index contributed by atoms with van der Waals surface area (Å²) in [6, 6.07) is 22.9. The van der Waals surface area contributed by atoms with Crippen molar-refractivity contribution in [3.05, 3.63) is 108 Å². The normalized spacial score (nSPS) is 21.1. The number of benzene rings is 3. The number of carbonyl (C=O) groups is 3. The molecule has 3 aromatic carbocycles. The molecule has 1 fully saturated rings. The van der Waals surface area contributed by atoms with Gasteiger partial charge in [0.15, 0.2) is 0 Å². The summed E-state index contributed by atoms with van der Waals surface area (Å²) < 4.78 is 13.6. The van der Waals surface area contributed by atoms with Crippen molar-refractivity contribution in [3.8, 4) is 5.75 Å². The Bertz CT molecular complexity index is 1880. The van der Waals surface area contributed by atoms with Gasteiger partial charge in [0.1, 0.15) is 18.0 Å². The van der Waals surface area contributed by atoms with E-state index in [2.05, 4.69) is 35.1 Å². The molecule has 1 aliphatic heterocycles. The second-order valence-corrected chi connectivity index (χ2v) is 14.4. The third-order valence-electron chi connectivity index (χ3n) is 9.56. The van der Waals surface area contributed by atoms with Gasteiger partial charge in [0, 0.05) is 43.8 Å². The second kappa shape index (κ2) is 18.8. The highest BCUT2D eigenvalue weighted by atomic mass is 16.7. The first-order chi connectivity index (χ1) is 25.9. The van der Waals surface area contributed by atoms with Crippen molar-refractivity contribution in [1.29, 1.82) is 0 Å². The third kappa shape index (κ3) is 10.8. The van der Waals surface area contributed by atoms with Crippen molar-refractivity contribution in [2.45, 2.75) is 89.7 Å². The summed E-state index contributed by atoms with van der Waals surface area (Å²) in [6.45, 7) is 7.62. The predicted molar refractivity (Wildman–Crippen MR) is 208 cm³/mol. The molecule has 0 bridgehead atoms. The predicted octanol–water partition coefficient (Wildman–Crippen LogP) is 3.59. The molecule has 12 heteroatoms. The smallest absolute Gasteiger partial charge is 0.241 e. The molecule has 7 atom stereocenters. The first-order valence-corrected chi connectivity index (χ1v) is 18.5. The third-order valence-corrected chi connectivity index (χ3v) is 9.56. The van der Waals surface area contributed by atoms with Gasteiger partial charge in [0.25, 0.3) is 0 Å². The summed E-state index contributed by atoms with van der Waals surface area (Å²) in [6.07, 6.45) is 2.57.